The lowest BCUT2D eigenvalue weighted by Crippen LogP contribution is -2.48. The average molecular weight is 562 g/mol. The lowest BCUT2D eigenvalue weighted by atomic mass is 9.94. The van der Waals surface area contributed by atoms with Crippen molar-refractivity contribution in [3.05, 3.63) is 53.6 Å². The summed E-state index contributed by atoms with van der Waals surface area (Å²) in [5, 5.41) is 14.8. The molecule has 40 heavy (non-hydrogen) atoms. The highest BCUT2D eigenvalue weighted by Gasteiger charge is 2.33. The number of aliphatic hydroxyl groups is 1. The van der Waals surface area contributed by atoms with Crippen LogP contribution in [-0.4, -0.2) is 72.4 Å². The van der Waals surface area contributed by atoms with Crippen LogP contribution in [0.2, 0.25) is 0 Å². The molecule has 0 aliphatic carbocycles. The van der Waals surface area contributed by atoms with Gasteiger partial charge in [-0.25, -0.2) is 13.2 Å². The standard InChI is InChI=1S/C30H38F3N3O4/c1-3-30(33,4-2)18-36-14-11-19(12-15-36)17-40-25-9-8-20(16-23(25)32)21-6-5-7-22(31)26(21)28(38)35-29(39)27-24(37)10-13-34-27/h5-9,16,19,24,27,34,37H,3-4,10-15,17-18H2,1-2H3,(H,35,38,39)/t24-,27-/m0/s1. The van der Waals surface area contributed by atoms with Gasteiger partial charge in [-0.15, -0.1) is 0 Å². The molecular formula is C30H38F3N3O4. The fourth-order valence-corrected chi connectivity index (χ4v) is 5.38. The van der Waals surface area contributed by atoms with Gasteiger partial charge in [-0.3, -0.25) is 14.9 Å². The molecule has 3 N–H and O–H groups in total. The van der Waals surface area contributed by atoms with Crippen LogP contribution in [0.4, 0.5) is 13.2 Å². The number of piperidine rings is 1. The largest absolute Gasteiger partial charge is 0.490 e. The normalized spacial score (nSPS) is 20.4. The van der Waals surface area contributed by atoms with E-state index in [1.807, 2.05) is 13.8 Å². The second-order valence-electron chi connectivity index (χ2n) is 10.8. The summed E-state index contributed by atoms with van der Waals surface area (Å²) < 4.78 is 50.3. The van der Waals surface area contributed by atoms with Crippen molar-refractivity contribution in [2.24, 2.45) is 5.92 Å². The van der Waals surface area contributed by atoms with Crippen LogP contribution in [0.25, 0.3) is 11.1 Å². The van der Waals surface area contributed by atoms with Crippen molar-refractivity contribution in [1.29, 1.82) is 0 Å². The molecule has 2 aliphatic heterocycles. The number of aliphatic hydroxyl groups excluding tert-OH is 1. The summed E-state index contributed by atoms with van der Waals surface area (Å²) in [5.41, 5.74) is -1.20. The number of halogens is 3. The number of rotatable bonds is 10. The molecule has 2 atom stereocenters. The van der Waals surface area contributed by atoms with Crippen molar-refractivity contribution < 1.29 is 32.6 Å². The molecule has 2 heterocycles. The molecule has 0 saturated carbocycles. The van der Waals surface area contributed by atoms with Crippen molar-refractivity contribution in [3.63, 3.8) is 0 Å². The molecule has 2 saturated heterocycles. The molecule has 218 valence electrons. The maximum absolute atomic E-state index is 15.0. The number of nitrogens with zero attached hydrogens (tertiary/aromatic N) is 1. The van der Waals surface area contributed by atoms with E-state index in [9.17, 15) is 23.5 Å². The maximum atomic E-state index is 15.0. The number of imide groups is 1. The second-order valence-corrected chi connectivity index (χ2v) is 10.8. The van der Waals surface area contributed by atoms with Crippen LogP contribution in [-0.2, 0) is 4.79 Å². The molecule has 2 amide bonds. The van der Waals surface area contributed by atoms with E-state index in [4.69, 9.17) is 4.74 Å². The van der Waals surface area contributed by atoms with E-state index in [-0.39, 0.29) is 22.8 Å². The number of carbonyl (C=O) groups is 2. The first kappa shape index (κ1) is 30.0. The number of carbonyl (C=O) groups excluding carboxylic acids is 2. The fraction of sp³-hybridized carbons (Fsp3) is 0.533. The molecule has 0 radical (unpaired) electrons. The summed E-state index contributed by atoms with van der Waals surface area (Å²) in [6.45, 7) is 6.45. The van der Waals surface area contributed by atoms with Crippen molar-refractivity contribution in [2.75, 3.05) is 32.8 Å². The first-order chi connectivity index (χ1) is 19.1. The predicted molar refractivity (Wildman–Crippen MR) is 146 cm³/mol. The molecule has 10 heteroatoms. The van der Waals surface area contributed by atoms with Crippen LogP contribution in [0.1, 0.15) is 56.3 Å². The van der Waals surface area contributed by atoms with E-state index in [2.05, 4.69) is 15.5 Å². The number of ether oxygens (including phenoxy) is 1. The maximum Gasteiger partial charge on any atom is 0.261 e. The summed E-state index contributed by atoms with van der Waals surface area (Å²) in [6, 6.07) is 7.13. The third kappa shape index (κ3) is 7.03. The van der Waals surface area contributed by atoms with Gasteiger partial charge in [0.15, 0.2) is 11.6 Å². The van der Waals surface area contributed by atoms with Crippen molar-refractivity contribution in [2.45, 2.75) is 63.8 Å². The molecule has 0 spiro atoms. The van der Waals surface area contributed by atoms with E-state index in [0.717, 1.165) is 32.0 Å². The van der Waals surface area contributed by atoms with E-state index in [0.29, 0.717) is 39.0 Å². The minimum absolute atomic E-state index is 0.0461. The van der Waals surface area contributed by atoms with Gasteiger partial charge in [-0.05, 0) is 87.0 Å². The average Bonchev–Trinajstić information content (AvgIpc) is 3.38. The van der Waals surface area contributed by atoms with Crippen molar-refractivity contribution >= 4 is 11.8 Å². The highest BCUT2D eigenvalue weighted by molar-refractivity contribution is 6.09. The Kier molecular flexibility index (Phi) is 9.86. The molecule has 2 fully saturated rings. The fourth-order valence-electron chi connectivity index (χ4n) is 5.38. The highest BCUT2D eigenvalue weighted by atomic mass is 19.1. The van der Waals surface area contributed by atoms with E-state index in [1.54, 1.807) is 0 Å². The molecule has 0 aromatic heterocycles. The third-order valence-electron chi connectivity index (χ3n) is 8.15. The van der Waals surface area contributed by atoms with E-state index < -0.39 is 46.8 Å². The van der Waals surface area contributed by atoms with Crippen molar-refractivity contribution in [1.82, 2.24) is 15.5 Å². The molecule has 7 nitrogen and oxygen atoms in total. The van der Waals surface area contributed by atoms with Crippen molar-refractivity contribution in [3.8, 4) is 16.9 Å². The van der Waals surface area contributed by atoms with Gasteiger partial charge in [0, 0.05) is 6.54 Å². The zero-order chi connectivity index (χ0) is 28.9. The third-order valence-corrected chi connectivity index (χ3v) is 8.15. The Balaban J connectivity index is 1.38. The summed E-state index contributed by atoms with van der Waals surface area (Å²) in [6.07, 6.45) is 2.06. The highest BCUT2D eigenvalue weighted by Crippen LogP contribution is 2.31. The number of hydrogen-bond acceptors (Lipinski definition) is 6. The van der Waals surface area contributed by atoms with Gasteiger partial charge in [0.1, 0.15) is 17.5 Å². The van der Waals surface area contributed by atoms with Crippen LogP contribution in [0.15, 0.2) is 36.4 Å². The van der Waals surface area contributed by atoms with Gasteiger partial charge < -0.3 is 20.1 Å². The molecule has 4 rings (SSSR count). The Morgan fingerprint density at radius 2 is 1.82 bits per heavy atom. The topological polar surface area (TPSA) is 90.9 Å². The Morgan fingerprint density at radius 3 is 2.45 bits per heavy atom. The minimum Gasteiger partial charge on any atom is -0.490 e. The molecule has 0 bridgehead atoms. The number of likely N-dealkylation sites (tertiary alicyclic amines) is 1. The summed E-state index contributed by atoms with van der Waals surface area (Å²) >= 11 is 0. The van der Waals surface area contributed by atoms with Gasteiger partial charge in [-0.1, -0.05) is 32.0 Å². The SMILES string of the molecule is CCC(F)(CC)CN1CCC(COc2ccc(-c3cccc(F)c3C(=O)NC(=O)[C@H]3NCC[C@@H]3O)cc2F)CC1. The van der Waals surface area contributed by atoms with Crippen LogP contribution < -0.4 is 15.4 Å². The van der Waals surface area contributed by atoms with Crippen LogP contribution >= 0.6 is 0 Å². The Hall–Kier alpha value is -2.95. The smallest absolute Gasteiger partial charge is 0.261 e. The number of benzene rings is 2. The number of nitrogens with one attached hydrogen (secondary N) is 2. The molecular weight excluding hydrogens is 523 g/mol. The number of amides is 2. The Bertz CT molecular complexity index is 1200. The van der Waals surface area contributed by atoms with Crippen LogP contribution in [0.5, 0.6) is 5.75 Å². The first-order valence-electron chi connectivity index (χ1n) is 14.0. The second kappa shape index (κ2) is 13.1. The first-order valence-corrected chi connectivity index (χ1v) is 14.0. The van der Waals surface area contributed by atoms with E-state index in [1.165, 1.54) is 30.3 Å². The Labute approximate surface area is 233 Å². The number of hydrogen-bond donors (Lipinski definition) is 3. The van der Waals surface area contributed by atoms with Crippen LogP contribution in [0.3, 0.4) is 0 Å². The summed E-state index contributed by atoms with van der Waals surface area (Å²) in [4.78, 5) is 27.5. The van der Waals surface area contributed by atoms with Gasteiger partial charge in [-0.2, -0.15) is 0 Å². The van der Waals surface area contributed by atoms with Gasteiger partial charge in [0.2, 0.25) is 5.91 Å². The molecule has 2 aliphatic rings. The van der Waals surface area contributed by atoms with Crippen LogP contribution in [0, 0.1) is 17.6 Å². The van der Waals surface area contributed by atoms with Gasteiger partial charge in [0.25, 0.3) is 5.91 Å². The van der Waals surface area contributed by atoms with Gasteiger partial charge >= 0.3 is 0 Å². The predicted octanol–water partition coefficient (Wildman–Crippen LogP) is 4.23. The quantitative estimate of drug-likeness (QED) is 0.376. The number of alkyl halides is 1. The molecule has 0 unspecified atom stereocenters. The monoisotopic (exact) mass is 561 g/mol. The molecule has 2 aromatic rings. The van der Waals surface area contributed by atoms with Gasteiger partial charge in [0.05, 0.1) is 18.3 Å². The summed E-state index contributed by atoms with van der Waals surface area (Å²) in [5.74, 6) is -2.99. The Morgan fingerprint density at radius 1 is 1.10 bits per heavy atom. The molecule has 2 aromatic carbocycles. The summed E-state index contributed by atoms with van der Waals surface area (Å²) in [7, 11) is 0. The lowest BCUT2D eigenvalue weighted by Gasteiger charge is -2.36. The lowest BCUT2D eigenvalue weighted by molar-refractivity contribution is -0.123. The minimum atomic E-state index is -1.17. The zero-order valence-electron chi connectivity index (χ0n) is 23.0. The van der Waals surface area contributed by atoms with E-state index >= 15 is 4.39 Å². The zero-order valence-corrected chi connectivity index (χ0v) is 23.0.